The molecule has 1 fully saturated rings. The summed E-state index contributed by atoms with van der Waals surface area (Å²) in [6.45, 7) is 1.39. The zero-order chi connectivity index (χ0) is 20.8. The number of oxime groups is 1. The Balaban J connectivity index is 1.28. The molecule has 1 N–H and O–H groups in total. The van der Waals surface area contributed by atoms with Gasteiger partial charge in [-0.15, -0.1) is 0 Å². The molecule has 1 saturated heterocycles. The second-order valence-corrected chi connectivity index (χ2v) is 7.55. The smallest absolute Gasteiger partial charge is 0.269 e. The van der Waals surface area contributed by atoms with Gasteiger partial charge in [-0.25, -0.2) is 0 Å². The van der Waals surface area contributed by atoms with Crippen LogP contribution in [0.15, 0.2) is 60.0 Å². The number of amides is 2. The molecule has 0 aliphatic carbocycles. The molecule has 0 saturated carbocycles. The molecule has 2 amide bonds. The maximum atomic E-state index is 12.6. The predicted octanol–water partition coefficient (Wildman–Crippen LogP) is 1.91. The van der Waals surface area contributed by atoms with Gasteiger partial charge < -0.3 is 19.8 Å². The summed E-state index contributed by atoms with van der Waals surface area (Å²) in [6, 6.07) is 13.0. The molecule has 2 aromatic rings. The molecule has 8 heteroatoms. The van der Waals surface area contributed by atoms with E-state index in [-0.39, 0.29) is 18.4 Å². The summed E-state index contributed by atoms with van der Waals surface area (Å²) in [5.41, 5.74) is 0.628. The van der Waals surface area contributed by atoms with E-state index >= 15 is 0 Å². The third-order valence-electron chi connectivity index (χ3n) is 5.27. The molecule has 0 bridgehead atoms. The lowest BCUT2D eigenvalue weighted by Crippen LogP contribution is -2.52. The molecule has 0 radical (unpaired) electrons. The molecule has 1 atom stereocenters. The second kappa shape index (κ2) is 8.94. The number of nitrogens with one attached hydrogen (secondary N) is 1. The van der Waals surface area contributed by atoms with Crippen LogP contribution >= 0.6 is 0 Å². The van der Waals surface area contributed by atoms with Crippen LogP contribution < -0.4 is 10.1 Å². The van der Waals surface area contributed by atoms with E-state index in [2.05, 4.69) is 15.5 Å². The van der Waals surface area contributed by atoms with E-state index < -0.39 is 5.60 Å². The van der Waals surface area contributed by atoms with Crippen LogP contribution in [-0.4, -0.2) is 52.7 Å². The molecule has 156 valence electrons. The van der Waals surface area contributed by atoms with Crippen molar-refractivity contribution in [1.82, 2.24) is 15.2 Å². The van der Waals surface area contributed by atoms with Crippen LogP contribution in [0.4, 0.5) is 0 Å². The number of rotatable bonds is 6. The molecule has 1 spiro atoms. The Labute approximate surface area is 174 Å². The number of hydrogen-bond donors (Lipinski definition) is 1. The first-order chi connectivity index (χ1) is 14.6. The van der Waals surface area contributed by atoms with Crippen molar-refractivity contribution in [1.29, 1.82) is 0 Å². The van der Waals surface area contributed by atoms with Gasteiger partial charge in [0, 0.05) is 31.9 Å². The fraction of sp³-hybridized carbons (Fsp3) is 0.364. The van der Waals surface area contributed by atoms with Crippen molar-refractivity contribution < 1.29 is 19.2 Å². The summed E-state index contributed by atoms with van der Waals surface area (Å²) in [6.07, 6.45) is 5.31. The van der Waals surface area contributed by atoms with E-state index in [1.807, 2.05) is 42.5 Å². The Hall–Kier alpha value is -3.42. The van der Waals surface area contributed by atoms with Crippen LogP contribution in [0.5, 0.6) is 5.75 Å². The Kier molecular flexibility index (Phi) is 5.92. The third kappa shape index (κ3) is 4.76. The average Bonchev–Trinajstić information content (AvgIpc) is 3.20. The van der Waals surface area contributed by atoms with Crippen LogP contribution in [0.2, 0.25) is 0 Å². The minimum atomic E-state index is -0.637. The first kappa shape index (κ1) is 19.9. The van der Waals surface area contributed by atoms with Gasteiger partial charge in [0.05, 0.1) is 6.54 Å². The maximum absolute atomic E-state index is 12.6. The van der Waals surface area contributed by atoms with Gasteiger partial charge in [0.2, 0.25) is 0 Å². The number of pyridine rings is 1. The predicted molar refractivity (Wildman–Crippen MR) is 110 cm³/mol. The highest BCUT2D eigenvalue weighted by Gasteiger charge is 2.45. The molecular formula is C22H24N4O4. The largest absolute Gasteiger partial charge is 0.484 e. The van der Waals surface area contributed by atoms with Gasteiger partial charge in [-0.1, -0.05) is 29.4 Å². The Morgan fingerprint density at radius 1 is 1.20 bits per heavy atom. The number of carbonyl (C=O) groups excluding carboxylic acids is 2. The van der Waals surface area contributed by atoms with Crippen LogP contribution in [0.1, 0.15) is 24.8 Å². The van der Waals surface area contributed by atoms with Crippen molar-refractivity contribution >= 4 is 17.5 Å². The topological polar surface area (TPSA) is 93.1 Å². The summed E-state index contributed by atoms with van der Waals surface area (Å²) >= 11 is 0. The van der Waals surface area contributed by atoms with Crippen molar-refractivity contribution in [2.45, 2.75) is 31.4 Å². The standard InChI is InChI=1S/C22H24N4O4/c27-20(15-29-18-7-2-1-3-8-18)26-11-5-9-22(16-26)12-19(25-30-22)21(28)24-14-17-6-4-10-23-13-17/h1-4,6-8,10,13H,5,9,11-12,14-16H2,(H,24,28). The normalized spacial score (nSPS) is 20.4. The summed E-state index contributed by atoms with van der Waals surface area (Å²) in [5.74, 6) is 0.299. The summed E-state index contributed by atoms with van der Waals surface area (Å²) in [5, 5.41) is 6.88. The van der Waals surface area contributed by atoms with Gasteiger partial charge in [0.25, 0.3) is 11.8 Å². The lowest BCUT2D eigenvalue weighted by atomic mass is 9.88. The molecule has 3 heterocycles. The summed E-state index contributed by atoms with van der Waals surface area (Å²) < 4.78 is 5.58. The fourth-order valence-electron chi connectivity index (χ4n) is 3.71. The number of ether oxygens (including phenoxy) is 1. The molecule has 8 nitrogen and oxygen atoms in total. The van der Waals surface area contributed by atoms with E-state index in [1.54, 1.807) is 17.3 Å². The summed E-state index contributed by atoms with van der Waals surface area (Å²) in [7, 11) is 0. The zero-order valence-electron chi connectivity index (χ0n) is 16.6. The van der Waals surface area contributed by atoms with Crippen molar-refractivity contribution in [2.24, 2.45) is 5.16 Å². The van der Waals surface area contributed by atoms with Gasteiger partial charge >= 0.3 is 0 Å². The molecule has 30 heavy (non-hydrogen) atoms. The third-order valence-corrected chi connectivity index (χ3v) is 5.27. The molecular weight excluding hydrogens is 384 g/mol. The number of hydrogen-bond acceptors (Lipinski definition) is 6. The highest BCUT2D eigenvalue weighted by atomic mass is 16.7. The molecule has 2 aliphatic heterocycles. The first-order valence-corrected chi connectivity index (χ1v) is 10.0. The van der Waals surface area contributed by atoms with E-state index in [4.69, 9.17) is 9.57 Å². The average molecular weight is 408 g/mol. The lowest BCUT2D eigenvalue weighted by molar-refractivity contribution is -0.142. The second-order valence-electron chi connectivity index (χ2n) is 7.55. The van der Waals surface area contributed by atoms with Crippen LogP contribution in [0, 0.1) is 0 Å². The minimum Gasteiger partial charge on any atom is -0.484 e. The fourth-order valence-corrected chi connectivity index (χ4v) is 3.71. The highest BCUT2D eigenvalue weighted by Crippen LogP contribution is 2.33. The highest BCUT2D eigenvalue weighted by molar-refractivity contribution is 6.39. The summed E-state index contributed by atoms with van der Waals surface area (Å²) in [4.78, 5) is 36.5. The SMILES string of the molecule is O=C(NCc1cccnc1)C1=NOC2(CCCN(C(=O)COc3ccccc3)C2)C1. The molecule has 1 unspecified atom stereocenters. The number of nitrogens with zero attached hydrogens (tertiary/aromatic N) is 3. The van der Waals surface area contributed by atoms with Crippen LogP contribution in [-0.2, 0) is 21.0 Å². The number of carbonyl (C=O) groups is 2. The molecule has 4 rings (SSSR count). The Morgan fingerprint density at radius 3 is 2.87 bits per heavy atom. The van der Waals surface area contributed by atoms with Crippen molar-refractivity contribution in [3.8, 4) is 5.75 Å². The monoisotopic (exact) mass is 408 g/mol. The van der Waals surface area contributed by atoms with E-state index in [0.717, 1.165) is 18.4 Å². The van der Waals surface area contributed by atoms with E-state index in [9.17, 15) is 9.59 Å². The zero-order valence-corrected chi connectivity index (χ0v) is 16.6. The Morgan fingerprint density at radius 2 is 2.07 bits per heavy atom. The number of para-hydroxylation sites is 1. The van der Waals surface area contributed by atoms with Crippen molar-refractivity contribution in [2.75, 3.05) is 19.7 Å². The van der Waals surface area contributed by atoms with Crippen LogP contribution in [0.25, 0.3) is 0 Å². The number of piperidine rings is 1. The van der Waals surface area contributed by atoms with Crippen LogP contribution in [0.3, 0.4) is 0 Å². The van der Waals surface area contributed by atoms with Gasteiger partial charge in [-0.2, -0.15) is 0 Å². The van der Waals surface area contributed by atoms with Gasteiger partial charge in [0.1, 0.15) is 11.5 Å². The Bertz CT molecular complexity index is 919. The minimum absolute atomic E-state index is 0.0284. The molecule has 2 aliphatic rings. The quantitative estimate of drug-likeness (QED) is 0.788. The number of benzene rings is 1. The first-order valence-electron chi connectivity index (χ1n) is 10.0. The van der Waals surface area contributed by atoms with Gasteiger partial charge in [0.15, 0.2) is 12.2 Å². The number of likely N-dealkylation sites (tertiary alicyclic amines) is 1. The number of aromatic nitrogens is 1. The van der Waals surface area contributed by atoms with Crippen molar-refractivity contribution in [3.05, 3.63) is 60.4 Å². The van der Waals surface area contributed by atoms with Gasteiger partial charge in [-0.3, -0.25) is 14.6 Å². The van der Waals surface area contributed by atoms with Crippen molar-refractivity contribution in [3.63, 3.8) is 0 Å². The van der Waals surface area contributed by atoms with E-state index in [1.165, 1.54) is 0 Å². The molecule has 1 aromatic carbocycles. The van der Waals surface area contributed by atoms with Gasteiger partial charge in [-0.05, 0) is 36.6 Å². The molecule has 1 aromatic heterocycles. The van der Waals surface area contributed by atoms with E-state index in [0.29, 0.717) is 37.5 Å². The lowest BCUT2D eigenvalue weighted by Gasteiger charge is -2.38. The maximum Gasteiger partial charge on any atom is 0.269 e.